The first-order valence-electron chi connectivity index (χ1n) is 11.9. The molecule has 1 fully saturated rings. The van der Waals surface area contributed by atoms with Crippen molar-refractivity contribution in [1.29, 1.82) is 0 Å². The maximum atomic E-state index is 13.1. The van der Waals surface area contributed by atoms with Crippen LogP contribution in [0, 0.1) is 0 Å². The van der Waals surface area contributed by atoms with Gasteiger partial charge in [-0.1, -0.05) is 50.2 Å². The van der Waals surface area contributed by atoms with E-state index in [-0.39, 0.29) is 36.4 Å². The van der Waals surface area contributed by atoms with E-state index in [0.717, 1.165) is 11.3 Å². The van der Waals surface area contributed by atoms with Gasteiger partial charge in [-0.2, -0.15) is 0 Å². The number of amides is 2. The van der Waals surface area contributed by atoms with E-state index < -0.39 is 0 Å². The fourth-order valence-corrected chi connectivity index (χ4v) is 4.46. The molecule has 2 aliphatic rings. The van der Waals surface area contributed by atoms with Gasteiger partial charge in [0.1, 0.15) is 11.8 Å². The van der Waals surface area contributed by atoms with Crippen molar-refractivity contribution >= 4 is 11.8 Å². The number of hydrogen-bond acceptors (Lipinski definition) is 5. The highest BCUT2D eigenvalue weighted by Gasteiger charge is 2.39. The number of carbonyl (C=O) groups is 2. The Labute approximate surface area is 201 Å². The maximum Gasteiger partial charge on any atom is 0.250 e. The Balaban J connectivity index is 1.29. The highest BCUT2D eigenvalue weighted by Crippen LogP contribution is 2.31. The first kappa shape index (κ1) is 23.8. The van der Waals surface area contributed by atoms with Gasteiger partial charge in [0.05, 0.1) is 19.2 Å². The molecular formula is C27H34N4O3. The molecule has 2 aliphatic heterocycles. The number of ether oxygens (including phenoxy) is 1. The third-order valence-corrected chi connectivity index (χ3v) is 6.65. The molecule has 0 spiro atoms. The summed E-state index contributed by atoms with van der Waals surface area (Å²) in [4.78, 5) is 27.3. The zero-order valence-corrected chi connectivity index (χ0v) is 20.3. The molecule has 180 valence electrons. The number of hydrogen-bond donors (Lipinski definition) is 2. The number of benzene rings is 2. The van der Waals surface area contributed by atoms with Crippen LogP contribution < -0.4 is 15.5 Å². The van der Waals surface area contributed by atoms with Crippen molar-refractivity contribution in [2.45, 2.75) is 57.7 Å². The van der Waals surface area contributed by atoms with E-state index in [0.29, 0.717) is 18.9 Å². The molecule has 2 heterocycles. The summed E-state index contributed by atoms with van der Waals surface area (Å²) in [6.07, 6.45) is 4.60. The van der Waals surface area contributed by atoms with Gasteiger partial charge in [0.2, 0.25) is 5.91 Å². The largest absolute Gasteiger partial charge is 0.497 e. The van der Waals surface area contributed by atoms with E-state index >= 15 is 0 Å². The highest BCUT2D eigenvalue weighted by atomic mass is 16.5. The summed E-state index contributed by atoms with van der Waals surface area (Å²) in [6, 6.07) is 16.0. The van der Waals surface area contributed by atoms with Crippen LogP contribution in [-0.2, 0) is 9.59 Å². The number of nitrogens with one attached hydrogen (secondary N) is 2. The van der Waals surface area contributed by atoms with Crippen LogP contribution >= 0.6 is 0 Å². The van der Waals surface area contributed by atoms with Crippen LogP contribution in [0.3, 0.4) is 0 Å². The minimum atomic E-state index is -0.263. The quantitative estimate of drug-likeness (QED) is 0.620. The lowest BCUT2D eigenvalue weighted by molar-refractivity contribution is -0.134. The van der Waals surface area contributed by atoms with Gasteiger partial charge in [-0.05, 0) is 48.1 Å². The Morgan fingerprint density at radius 1 is 1.06 bits per heavy atom. The molecule has 3 unspecified atom stereocenters. The van der Waals surface area contributed by atoms with Crippen molar-refractivity contribution in [2.75, 3.05) is 13.7 Å². The van der Waals surface area contributed by atoms with Crippen molar-refractivity contribution < 1.29 is 14.3 Å². The average Bonchev–Trinajstić information content (AvgIpc) is 3.29. The summed E-state index contributed by atoms with van der Waals surface area (Å²) in [5, 5.41) is 4.91. The first-order valence-corrected chi connectivity index (χ1v) is 11.9. The summed E-state index contributed by atoms with van der Waals surface area (Å²) >= 11 is 0. The van der Waals surface area contributed by atoms with E-state index in [1.165, 1.54) is 11.1 Å². The average molecular weight is 463 g/mol. The molecule has 0 bridgehead atoms. The number of methoxy groups -OCH3 is 1. The number of rotatable bonds is 8. The predicted octanol–water partition coefficient (Wildman–Crippen LogP) is 4.02. The standard InChI is InChI=1S/C27H34N4O3/c1-18(2)20-5-7-22(8-6-20)24-17-25-27(33)30(15-16-31(25)29-24)14-13-26(32)28-19(3)21-9-11-23(34-4)12-10-21/h5-12,15-16,18-19,24-25,29H,13-14,17H2,1-4H3,(H,28,32). The van der Waals surface area contributed by atoms with Gasteiger partial charge in [-0.15, -0.1) is 0 Å². The Hall–Kier alpha value is -3.32. The molecule has 2 aromatic carbocycles. The third-order valence-electron chi connectivity index (χ3n) is 6.65. The Kier molecular flexibility index (Phi) is 7.22. The Morgan fingerprint density at radius 2 is 1.74 bits per heavy atom. The lowest BCUT2D eigenvalue weighted by Crippen LogP contribution is -2.48. The number of hydrazine groups is 1. The van der Waals surface area contributed by atoms with Gasteiger partial charge < -0.3 is 20.0 Å². The molecule has 4 rings (SSSR count). The monoisotopic (exact) mass is 462 g/mol. The molecule has 0 radical (unpaired) electrons. The zero-order valence-electron chi connectivity index (χ0n) is 20.3. The van der Waals surface area contributed by atoms with Gasteiger partial charge in [0.25, 0.3) is 5.91 Å². The third kappa shape index (κ3) is 5.25. The molecule has 2 amide bonds. The topological polar surface area (TPSA) is 73.9 Å². The number of nitrogens with zero attached hydrogens (tertiary/aromatic N) is 2. The van der Waals surface area contributed by atoms with Crippen molar-refractivity contribution in [3.8, 4) is 5.75 Å². The summed E-state index contributed by atoms with van der Waals surface area (Å²) < 4.78 is 5.18. The van der Waals surface area contributed by atoms with E-state index in [2.05, 4.69) is 48.9 Å². The second-order valence-electron chi connectivity index (χ2n) is 9.30. The summed E-state index contributed by atoms with van der Waals surface area (Å²) in [5.41, 5.74) is 6.93. The second-order valence-corrected chi connectivity index (χ2v) is 9.30. The molecule has 3 atom stereocenters. The molecule has 0 aromatic heterocycles. The Morgan fingerprint density at radius 3 is 2.38 bits per heavy atom. The van der Waals surface area contributed by atoms with Crippen LogP contribution in [0.1, 0.15) is 68.3 Å². The van der Waals surface area contributed by atoms with Gasteiger partial charge >= 0.3 is 0 Å². The van der Waals surface area contributed by atoms with Gasteiger partial charge in [-0.3, -0.25) is 9.59 Å². The maximum absolute atomic E-state index is 13.1. The zero-order chi connectivity index (χ0) is 24.2. The van der Waals surface area contributed by atoms with E-state index in [1.54, 1.807) is 18.2 Å². The van der Waals surface area contributed by atoms with Crippen LogP contribution in [0.2, 0.25) is 0 Å². The minimum absolute atomic E-state index is 0.0207. The van der Waals surface area contributed by atoms with Gasteiger partial charge in [-0.25, -0.2) is 5.43 Å². The smallest absolute Gasteiger partial charge is 0.250 e. The van der Waals surface area contributed by atoms with Crippen LogP contribution in [0.5, 0.6) is 5.75 Å². The van der Waals surface area contributed by atoms with Crippen LogP contribution in [0.4, 0.5) is 0 Å². The highest BCUT2D eigenvalue weighted by molar-refractivity contribution is 5.85. The number of fused-ring (bicyclic) bond motifs is 1. The van der Waals surface area contributed by atoms with E-state index in [4.69, 9.17) is 4.74 Å². The van der Waals surface area contributed by atoms with Crippen molar-refractivity contribution in [2.24, 2.45) is 0 Å². The van der Waals surface area contributed by atoms with Crippen LogP contribution in [0.25, 0.3) is 0 Å². The molecule has 2 N–H and O–H groups in total. The van der Waals surface area contributed by atoms with Crippen LogP contribution in [-0.4, -0.2) is 41.4 Å². The summed E-state index contributed by atoms with van der Waals surface area (Å²) in [7, 11) is 1.63. The summed E-state index contributed by atoms with van der Waals surface area (Å²) in [5.74, 6) is 1.21. The fourth-order valence-electron chi connectivity index (χ4n) is 4.46. The molecular weight excluding hydrogens is 428 g/mol. The predicted molar refractivity (Wildman–Crippen MR) is 132 cm³/mol. The lowest BCUT2D eigenvalue weighted by atomic mass is 9.97. The molecule has 7 nitrogen and oxygen atoms in total. The van der Waals surface area contributed by atoms with E-state index in [9.17, 15) is 9.59 Å². The Bertz CT molecular complexity index is 1030. The molecule has 34 heavy (non-hydrogen) atoms. The van der Waals surface area contributed by atoms with Crippen LogP contribution in [0.15, 0.2) is 60.9 Å². The first-order chi connectivity index (χ1) is 16.4. The molecule has 0 aliphatic carbocycles. The van der Waals surface area contributed by atoms with Gasteiger partial charge in [0.15, 0.2) is 0 Å². The van der Waals surface area contributed by atoms with Crippen molar-refractivity contribution in [3.63, 3.8) is 0 Å². The molecule has 2 aromatic rings. The number of carbonyl (C=O) groups excluding carboxylic acids is 2. The molecule has 1 saturated heterocycles. The minimum Gasteiger partial charge on any atom is -0.497 e. The fraction of sp³-hybridized carbons (Fsp3) is 0.407. The lowest BCUT2D eigenvalue weighted by Gasteiger charge is -2.31. The van der Waals surface area contributed by atoms with E-state index in [1.807, 2.05) is 42.4 Å². The normalized spacial score (nSPS) is 20.4. The SMILES string of the molecule is COc1ccc(C(C)NC(=O)CCN2C=CN3NC(c4ccc(C(C)C)cc4)CC3C2=O)cc1. The van der Waals surface area contributed by atoms with Crippen molar-refractivity contribution in [1.82, 2.24) is 20.7 Å². The molecule has 7 heteroatoms. The van der Waals surface area contributed by atoms with Crippen molar-refractivity contribution in [3.05, 3.63) is 77.6 Å². The molecule has 0 saturated carbocycles. The van der Waals surface area contributed by atoms with Gasteiger partial charge in [0, 0.05) is 25.4 Å². The second kappa shape index (κ2) is 10.3. The summed E-state index contributed by atoms with van der Waals surface area (Å²) in [6.45, 7) is 6.67.